The fraction of sp³-hybridized carbons (Fsp3) is 0.647. The Kier molecular flexibility index (Phi) is 7.53. The average Bonchev–Trinajstić information content (AvgIpc) is 2.94. The van der Waals surface area contributed by atoms with Gasteiger partial charge in [0.15, 0.2) is 6.23 Å². The van der Waals surface area contributed by atoms with Crippen molar-refractivity contribution in [3.05, 3.63) is 33.1 Å². The van der Waals surface area contributed by atoms with Gasteiger partial charge in [-0.05, 0) is 0 Å². The lowest BCUT2D eigenvalue weighted by molar-refractivity contribution is -0.147. The summed E-state index contributed by atoms with van der Waals surface area (Å²) in [5, 5.41) is 20.3. The zero-order valence-corrected chi connectivity index (χ0v) is 16.3. The van der Waals surface area contributed by atoms with Gasteiger partial charge in [-0.2, -0.15) is 0 Å². The van der Waals surface area contributed by atoms with Gasteiger partial charge in [-0.3, -0.25) is 19.1 Å². The summed E-state index contributed by atoms with van der Waals surface area (Å²) in [5.41, 5.74) is -1.44. The van der Waals surface area contributed by atoms with Crippen molar-refractivity contribution in [2.24, 2.45) is 5.92 Å². The second-order valence-electron chi connectivity index (χ2n) is 6.88. The van der Waals surface area contributed by atoms with Crippen molar-refractivity contribution >= 4 is 12.1 Å². The maximum absolute atomic E-state index is 12.0. The van der Waals surface area contributed by atoms with Crippen LogP contribution in [0.25, 0.3) is 0 Å². The molecule has 1 aliphatic heterocycles. The first kappa shape index (κ1) is 22.6. The largest absolute Gasteiger partial charge is 0.464 e. The molecular formula is C17H25N3O9. The van der Waals surface area contributed by atoms with Gasteiger partial charge in [0.25, 0.3) is 5.56 Å². The number of carbonyl (C=O) groups excluding carboxylic acids is 2. The van der Waals surface area contributed by atoms with E-state index in [2.05, 4.69) is 0 Å². The van der Waals surface area contributed by atoms with E-state index in [0.29, 0.717) is 0 Å². The van der Waals surface area contributed by atoms with E-state index in [4.69, 9.17) is 14.2 Å². The van der Waals surface area contributed by atoms with Gasteiger partial charge in [0.2, 0.25) is 0 Å². The van der Waals surface area contributed by atoms with Crippen LogP contribution in [0.15, 0.2) is 21.9 Å². The van der Waals surface area contributed by atoms with E-state index in [1.54, 1.807) is 13.8 Å². The second kappa shape index (κ2) is 9.67. The van der Waals surface area contributed by atoms with Crippen LogP contribution in [0.1, 0.15) is 20.1 Å². The lowest BCUT2D eigenvalue weighted by Gasteiger charge is -2.20. The van der Waals surface area contributed by atoms with Crippen LogP contribution in [0.2, 0.25) is 0 Å². The molecule has 1 fully saturated rings. The van der Waals surface area contributed by atoms with Gasteiger partial charge in [-0.15, -0.1) is 0 Å². The molecule has 0 bridgehead atoms. The van der Waals surface area contributed by atoms with Gasteiger partial charge in [0.05, 0.1) is 12.5 Å². The summed E-state index contributed by atoms with van der Waals surface area (Å²) in [4.78, 5) is 49.6. The predicted octanol–water partition coefficient (Wildman–Crippen LogP) is -1.58. The molecule has 0 radical (unpaired) electrons. The Morgan fingerprint density at radius 3 is 2.59 bits per heavy atom. The number of esters is 1. The van der Waals surface area contributed by atoms with Crippen LogP contribution in [-0.4, -0.2) is 81.8 Å². The van der Waals surface area contributed by atoms with Crippen LogP contribution < -0.4 is 11.2 Å². The molecule has 4 atom stereocenters. The molecule has 1 aromatic rings. The Morgan fingerprint density at radius 2 is 1.97 bits per heavy atom. The number of H-pyrrole nitrogens is 1. The number of hydrogen-bond donors (Lipinski definition) is 3. The van der Waals surface area contributed by atoms with Crippen molar-refractivity contribution in [3.8, 4) is 0 Å². The van der Waals surface area contributed by atoms with Crippen LogP contribution in [0, 0.1) is 5.92 Å². The van der Waals surface area contributed by atoms with Crippen LogP contribution in [0.4, 0.5) is 4.79 Å². The van der Waals surface area contributed by atoms with Crippen molar-refractivity contribution in [2.75, 3.05) is 26.8 Å². The highest BCUT2D eigenvalue weighted by Crippen LogP contribution is 2.28. The Morgan fingerprint density at radius 1 is 1.28 bits per heavy atom. The minimum Gasteiger partial charge on any atom is -0.464 e. The maximum Gasteiger partial charge on any atom is 0.409 e. The van der Waals surface area contributed by atoms with E-state index in [9.17, 15) is 29.4 Å². The van der Waals surface area contributed by atoms with Gasteiger partial charge in [0.1, 0.15) is 31.5 Å². The van der Waals surface area contributed by atoms with Crippen LogP contribution >= 0.6 is 0 Å². The molecule has 12 nitrogen and oxygen atoms in total. The minimum absolute atomic E-state index is 0.00107. The van der Waals surface area contributed by atoms with Crippen molar-refractivity contribution in [3.63, 3.8) is 0 Å². The molecule has 0 unspecified atom stereocenters. The maximum atomic E-state index is 12.0. The van der Waals surface area contributed by atoms with Gasteiger partial charge in [-0.25, -0.2) is 9.59 Å². The fourth-order valence-corrected chi connectivity index (χ4v) is 2.53. The summed E-state index contributed by atoms with van der Waals surface area (Å²) >= 11 is 0. The van der Waals surface area contributed by atoms with Crippen molar-refractivity contribution < 1.29 is 34.0 Å². The number of hydrogen-bond acceptors (Lipinski definition) is 9. The third-order valence-electron chi connectivity index (χ3n) is 4.29. The SMILES string of the molecule is CC(C)C(=O)OCCN(C)C(=O)OC[C@H]1O[C@@H](n2ccc(=O)[nH]c2=O)[C@H](O)[C@@H]1O. The number of aliphatic hydroxyl groups excluding tert-OH is 2. The minimum atomic E-state index is -1.48. The Hall–Kier alpha value is -2.70. The molecule has 1 saturated heterocycles. The summed E-state index contributed by atoms with van der Waals surface area (Å²) < 4.78 is 16.4. The number of aromatic amines is 1. The molecule has 3 N–H and O–H groups in total. The molecule has 0 saturated carbocycles. The third kappa shape index (κ3) is 5.65. The highest BCUT2D eigenvalue weighted by Gasteiger charge is 2.44. The number of amides is 1. The number of ether oxygens (including phenoxy) is 3. The van der Waals surface area contributed by atoms with E-state index >= 15 is 0 Å². The Balaban J connectivity index is 1.87. The van der Waals surface area contributed by atoms with E-state index in [1.807, 2.05) is 4.98 Å². The highest BCUT2D eigenvalue weighted by molar-refractivity contribution is 5.71. The summed E-state index contributed by atoms with van der Waals surface area (Å²) in [5.74, 6) is -0.658. The number of nitrogens with zero attached hydrogens (tertiary/aromatic N) is 2. The molecule has 29 heavy (non-hydrogen) atoms. The summed E-state index contributed by atoms with van der Waals surface area (Å²) in [6.45, 7) is 3.10. The zero-order chi connectivity index (χ0) is 21.7. The lowest BCUT2D eigenvalue weighted by atomic mass is 10.1. The molecule has 1 aromatic heterocycles. The van der Waals surface area contributed by atoms with Gasteiger partial charge in [-0.1, -0.05) is 13.8 Å². The molecule has 0 spiro atoms. The number of nitrogens with one attached hydrogen (secondary N) is 1. The standard InChI is InChI=1S/C17H25N3O9/c1-9(2)15(24)27-7-6-19(3)17(26)28-8-10-12(22)13(23)14(29-10)20-5-4-11(21)18-16(20)25/h4-5,9-10,12-14,22-23H,6-8H2,1-3H3,(H,18,21,25)/t10-,12-,13-,14-/m1/s1. The van der Waals surface area contributed by atoms with E-state index in [-0.39, 0.29) is 31.6 Å². The summed E-state index contributed by atoms with van der Waals surface area (Å²) in [6.07, 6.45) is -4.88. The van der Waals surface area contributed by atoms with Crippen molar-refractivity contribution in [1.82, 2.24) is 14.5 Å². The van der Waals surface area contributed by atoms with Crippen molar-refractivity contribution in [2.45, 2.75) is 38.4 Å². The molecule has 1 amide bonds. The third-order valence-corrected chi connectivity index (χ3v) is 4.29. The molecule has 12 heteroatoms. The smallest absolute Gasteiger partial charge is 0.409 e. The molecule has 0 aliphatic carbocycles. The number of rotatable bonds is 7. The molecule has 162 valence electrons. The fourth-order valence-electron chi connectivity index (χ4n) is 2.53. The second-order valence-corrected chi connectivity index (χ2v) is 6.88. The van der Waals surface area contributed by atoms with Crippen LogP contribution in [0.5, 0.6) is 0 Å². The normalized spacial score (nSPS) is 23.8. The van der Waals surface area contributed by atoms with Gasteiger partial charge < -0.3 is 29.3 Å². The molecule has 2 heterocycles. The Labute approximate surface area is 165 Å². The summed E-state index contributed by atoms with van der Waals surface area (Å²) in [6, 6.07) is 1.07. The highest BCUT2D eigenvalue weighted by atomic mass is 16.6. The van der Waals surface area contributed by atoms with Gasteiger partial charge >= 0.3 is 17.8 Å². The zero-order valence-electron chi connectivity index (χ0n) is 16.3. The first-order valence-corrected chi connectivity index (χ1v) is 8.99. The first-order valence-electron chi connectivity index (χ1n) is 8.99. The van der Waals surface area contributed by atoms with E-state index in [1.165, 1.54) is 11.9 Å². The number of aromatic nitrogens is 2. The number of likely N-dealkylation sites (N-methyl/N-ethyl adjacent to an activating group) is 1. The average molecular weight is 415 g/mol. The molecule has 0 aromatic carbocycles. The first-order chi connectivity index (χ1) is 13.6. The monoisotopic (exact) mass is 415 g/mol. The van der Waals surface area contributed by atoms with Crippen LogP contribution in [-0.2, 0) is 19.0 Å². The topological polar surface area (TPSA) is 160 Å². The molecule has 1 aliphatic rings. The lowest BCUT2D eigenvalue weighted by Crippen LogP contribution is -2.38. The van der Waals surface area contributed by atoms with E-state index < -0.39 is 41.9 Å². The quantitative estimate of drug-likeness (QED) is 0.447. The predicted molar refractivity (Wildman–Crippen MR) is 97.0 cm³/mol. The Bertz CT molecular complexity index is 834. The number of carbonyl (C=O) groups is 2. The molecular weight excluding hydrogens is 390 g/mol. The van der Waals surface area contributed by atoms with Crippen LogP contribution in [0.3, 0.4) is 0 Å². The van der Waals surface area contributed by atoms with E-state index in [0.717, 1.165) is 16.8 Å². The van der Waals surface area contributed by atoms with Crippen molar-refractivity contribution in [1.29, 1.82) is 0 Å². The summed E-state index contributed by atoms with van der Waals surface area (Å²) in [7, 11) is 1.44. The molecule has 2 rings (SSSR count). The number of aliphatic hydroxyl groups is 2. The van der Waals surface area contributed by atoms with Gasteiger partial charge in [0, 0.05) is 19.3 Å².